The highest BCUT2D eigenvalue weighted by atomic mass is 16.2. The zero-order chi connectivity index (χ0) is 16.9. The number of hydrogen-bond acceptors (Lipinski definition) is 2. The topological polar surface area (TPSA) is 52.7 Å². The van der Waals surface area contributed by atoms with Gasteiger partial charge in [0, 0.05) is 24.8 Å². The second-order valence-electron chi connectivity index (χ2n) is 6.78. The molecule has 0 radical (unpaired) electrons. The Hall–Kier alpha value is -2.04. The third kappa shape index (κ3) is 3.71. The molecule has 0 aromatic heterocycles. The van der Waals surface area contributed by atoms with E-state index in [0.29, 0.717) is 19.1 Å². The number of carbonyl (C=O) groups is 2. The van der Waals surface area contributed by atoms with Crippen LogP contribution in [0.2, 0.25) is 0 Å². The smallest absolute Gasteiger partial charge is 0.322 e. The normalized spacial score (nSPS) is 19.0. The second kappa shape index (κ2) is 7.69. The lowest BCUT2D eigenvalue weighted by atomic mass is 10.1. The van der Waals surface area contributed by atoms with Crippen molar-refractivity contribution in [2.75, 3.05) is 25.0 Å². The molecule has 24 heavy (non-hydrogen) atoms. The Bertz CT molecular complexity index is 596. The van der Waals surface area contributed by atoms with Crippen LogP contribution in [0.25, 0.3) is 0 Å². The number of hydrogen-bond donors (Lipinski definition) is 1. The van der Waals surface area contributed by atoms with Crippen molar-refractivity contribution < 1.29 is 9.59 Å². The van der Waals surface area contributed by atoms with Crippen LogP contribution in [0.3, 0.4) is 0 Å². The van der Waals surface area contributed by atoms with E-state index in [1.54, 1.807) is 4.90 Å². The zero-order valence-corrected chi connectivity index (χ0v) is 14.5. The van der Waals surface area contributed by atoms with Gasteiger partial charge in [-0.15, -0.1) is 0 Å². The van der Waals surface area contributed by atoms with Crippen molar-refractivity contribution in [3.8, 4) is 0 Å². The molecule has 2 aliphatic rings. The molecule has 1 aliphatic heterocycles. The summed E-state index contributed by atoms with van der Waals surface area (Å²) in [4.78, 5) is 28.6. The predicted octanol–water partition coefficient (Wildman–Crippen LogP) is 3.26. The first-order valence-electron chi connectivity index (χ1n) is 9.12. The fourth-order valence-corrected chi connectivity index (χ4v) is 3.79. The maximum atomic E-state index is 12.5. The number of urea groups is 1. The average Bonchev–Trinajstić information content (AvgIpc) is 3.11. The molecule has 1 saturated carbocycles. The number of aryl methyl sites for hydroxylation is 1. The number of benzene rings is 1. The van der Waals surface area contributed by atoms with Crippen LogP contribution < -0.4 is 5.32 Å². The Balaban J connectivity index is 1.59. The SMILES string of the molecule is CCCc1ccccc1NC(=O)N1CCN(C2CCCC2)C(=O)C1. The standard InChI is InChI=1S/C19H27N3O2/c1-2-7-15-8-3-6-11-17(15)20-19(24)21-12-13-22(18(23)14-21)16-9-4-5-10-16/h3,6,8,11,16H,2,4-5,7,9-10,12-14H2,1H3,(H,20,24). The van der Waals surface area contributed by atoms with E-state index in [1.165, 1.54) is 12.8 Å². The highest BCUT2D eigenvalue weighted by Crippen LogP contribution is 2.25. The van der Waals surface area contributed by atoms with Gasteiger partial charge in [0.05, 0.1) is 0 Å². The average molecular weight is 329 g/mol. The first kappa shape index (κ1) is 16.8. The molecule has 1 aliphatic carbocycles. The Morgan fingerprint density at radius 2 is 1.96 bits per heavy atom. The Labute approximate surface area is 144 Å². The van der Waals surface area contributed by atoms with Crippen LogP contribution >= 0.6 is 0 Å². The molecule has 1 N–H and O–H groups in total. The molecule has 1 saturated heterocycles. The summed E-state index contributed by atoms with van der Waals surface area (Å²) in [5, 5.41) is 2.99. The lowest BCUT2D eigenvalue weighted by Gasteiger charge is -2.37. The van der Waals surface area contributed by atoms with Crippen molar-refractivity contribution in [2.24, 2.45) is 0 Å². The summed E-state index contributed by atoms with van der Waals surface area (Å²) in [6, 6.07) is 8.12. The molecule has 1 aromatic rings. The lowest BCUT2D eigenvalue weighted by Crippen LogP contribution is -2.55. The van der Waals surface area contributed by atoms with Gasteiger partial charge in [-0.3, -0.25) is 4.79 Å². The fourth-order valence-electron chi connectivity index (χ4n) is 3.79. The number of para-hydroxylation sites is 1. The molecule has 0 atom stereocenters. The van der Waals surface area contributed by atoms with E-state index in [0.717, 1.165) is 36.9 Å². The predicted molar refractivity (Wildman–Crippen MR) is 95.0 cm³/mol. The molecular formula is C19H27N3O2. The van der Waals surface area contributed by atoms with Gasteiger partial charge in [-0.25, -0.2) is 4.79 Å². The van der Waals surface area contributed by atoms with Crippen LogP contribution in [-0.4, -0.2) is 47.4 Å². The molecule has 2 fully saturated rings. The van der Waals surface area contributed by atoms with Crippen LogP contribution in [0.1, 0.15) is 44.6 Å². The number of nitrogens with zero attached hydrogens (tertiary/aromatic N) is 2. The number of carbonyl (C=O) groups excluding carboxylic acids is 2. The summed E-state index contributed by atoms with van der Waals surface area (Å²) in [6.45, 7) is 3.59. The molecule has 5 nitrogen and oxygen atoms in total. The minimum atomic E-state index is -0.169. The molecule has 1 aromatic carbocycles. The number of piperazine rings is 1. The van der Waals surface area contributed by atoms with Crippen LogP contribution in [0.5, 0.6) is 0 Å². The lowest BCUT2D eigenvalue weighted by molar-refractivity contribution is -0.137. The Morgan fingerprint density at radius 1 is 1.21 bits per heavy atom. The molecular weight excluding hydrogens is 302 g/mol. The van der Waals surface area contributed by atoms with Gasteiger partial charge in [-0.2, -0.15) is 0 Å². The Morgan fingerprint density at radius 3 is 2.67 bits per heavy atom. The van der Waals surface area contributed by atoms with Gasteiger partial charge >= 0.3 is 6.03 Å². The van der Waals surface area contributed by atoms with Gasteiger partial charge in [0.1, 0.15) is 6.54 Å². The Kier molecular flexibility index (Phi) is 5.38. The highest BCUT2D eigenvalue weighted by molar-refractivity contribution is 5.93. The summed E-state index contributed by atoms with van der Waals surface area (Å²) in [7, 11) is 0. The van der Waals surface area contributed by atoms with Gasteiger partial charge in [-0.1, -0.05) is 44.4 Å². The van der Waals surface area contributed by atoms with Crippen molar-refractivity contribution in [2.45, 2.75) is 51.5 Å². The van der Waals surface area contributed by atoms with Crippen molar-refractivity contribution in [3.05, 3.63) is 29.8 Å². The van der Waals surface area contributed by atoms with Crippen molar-refractivity contribution in [1.82, 2.24) is 9.80 Å². The van der Waals surface area contributed by atoms with E-state index in [4.69, 9.17) is 0 Å². The van der Waals surface area contributed by atoms with E-state index < -0.39 is 0 Å². The van der Waals surface area contributed by atoms with Gasteiger partial charge < -0.3 is 15.1 Å². The second-order valence-corrected chi connectivity index (χ2v) is 6.78. The monoisotopic (exact) mass is 329 g/mol. The molecule has 0 spiro atoms. The van der Waals surface area contributed by atoms with Gasteiger partial charge in [0.15, 0.2) is 0 Å². The first-order valence-corrected chi connectivity index (χ1v) is 9.12. The fraction of sp³-hybridized carbons (Fsp3) is 0.579. The molecule has 0 unspecified atom stereocenters. The molecule has 3 rings (SSSR count). The number of amides is 3. The van der Waals surface area contributed by atoms with E-state index >= 15 is 0 Å². The maximum Gasteiger partial charge on any atom is 0.322 e. The quantitative estimate of drug-likeness (QED) is 0.922. The molecule has 5 heteroatoms. The van der Waals surface area contributed by atoms with E-state index in [-0.39, 0.29) is 18.5 Å². The molecule has 130 valence electrons. The van der Waals surface area contributed by atoms with Crippen molar-refractivity contribution >= 4 is 17.6 Å². The number of nitrogens with one attached hydrogen (secondary N) is 1. The van der Waals surface area contributed by atoms with E-state index in [9.17, 15) is 9.59 Å². The van der Waals surface area contributed by atoms with Crippen LogP contribution in [0, 0.1) is 0 Å². The summed E-state index contributed by atoms with van der Waals surface area (Å²) in [6.07, 6.45) is 6.63. The van der Waals surface area contributed by atoms with Crippen LogP contribution in [0.4, 0.5) is 10.5 Å². The summed E-state index contributed by atoms with van der Waals surface area (Å²) < 4.78 is 0. The first-order chi connectivity index (χ1) is 11.7. The van der Waals surface area contributed by atoms with Crippen molar-refractivity contribution in [3.63, 3.8) is 0 Å². The van der Waals surface area contributed by atoms with Gasteiger partial charge in [0.2, 0.25) is 5.91 Å². The number of anilines is 1. The van der Waals surface area contributed by atoms with Crippen LogP contribution in [0.15, 0.2) is 24.3 Å². The van der Waals surface area contributed by atoms with Gasteiger partial charge in [0.25, 0.3) is 0 Å². The van der Waals surface area contributed by atoms with E-state index in [1.807, 2.05) is 29.2 Å². The third-order valence-electron chi connectivity index (χ3n) is 5.09. The van der Waals surface area contributed by atoms with E-state index in [2.05, 4.69) is 12.2 Å². The highest BCUT2D eigenvalue weighted by Gasteiger charge is 2.32. The summed E-state index contributed by atoms with van der Waals surface area (Å²) in [5.41, 5.74) is 2.00. The third-order valence-corrected chi connectivity index (χ3v) is 5.09. The van der Waals surface area contributed by atoms with Crippen molar-refractivity contribution in [1.29, 1.82) is 0 Å². The maximum absolute atomic E-state index is 12.5. The number of rotatable bonds is 4. The largest absolute Gasteiger partial charge is 0.336 e. The van der Waals surface area contributed by atoms with Crippen LogP contribution in [-0.2, 0) is 11.2 Å². The molecule has 3 amide bonds. The molecule has 0 bridgehead atoms. The summed E-state index contributed by atoms with van der Waals surface area (Å²) in [5.74, 6) is 0.0881. The zero-order valence-electron chi connectivity index (χ0n) is 14.5. The summed E-state index contributed by atoms with van der Waals surface area (Å²) >= 11 is 0. The molecule has 1 heterocycles. The minimum Gasteiger partial charge on any atom is -0.336 e. The minimum absolute atomic E-state index is 0.0881. The van der Waals surface area contributed by atoms with Gasteiger partial charge in [-0.05, 0) is 30.9 Å².